The zero-order valence-electron chi connectivity index (χ0n) is 31.9. The molecule has 3 aromatic carbocycles. The van der Waals surface area contributed by atoms with Gasteiger partial charge in [-0.15, -0.1) is 6.58 Å². The summed E-state index contributed by atoms with van der Waals surface area (Å²) in [4.78, 5) is 0. The highest BCUT2D eigenvalue weighted by Crippen LogP contribution is 2.48. The maximum Gasteiger partial charge on any atom is -0.00216 e. The largest absolute Gasteiger partial charge is 0.103 e. The van der Waals surface area contributed by atoms with Crippen molar-refractivity contribution in [3.05, 3.63) is 131 Å². The first-order valence-electron chi connectivity index (χ1n) is 18.3. The summed E-state index contributed by atoms with van der Waals surface area (Å²) in [6.45, 7) is 36.7. The Morgan fingerprint density at radius 2 is 1.09 bits per heavy atom. The van der Waals surface area contributed by atoms with Crippen LogP contribution in [0.2, 0.25) is 0 Å². The smallest absolute Gasteiger partial charge is 0.00216 e. The molecule has 0 heteroatoms. The second kappa shape index (κ2) is 25.0. The summed E-state index contributed by atoms with van der Waals surface area (Å²) in [6, 6.07) is 24.6. The summed E-state index contributed by atoms with van der Waals surface area (Å²) in [5.74, 6) is 1.01. The topological polar surface area (TPSA) is 0 Å². The van der Waals surface area contributed by atoms with E-state index in [1.807, 2.05) is 20.8 Å². The van der Waals surface area contributed by atoms with Crippen LogP contribution in [0.5, 0.6) is 0 Å². The molecule has 0 heterocycles. The molecular weight excluding hydrogens is 553 g/mol. The van der Waals surface area contributed by atoms with E-state index in [9.17, 15) is 0 Å². The van der Waals surface area contributed by atoms with Crippen molar-refractivity contribution in [2.75, 3.05) is 0 Å². The third-order valence-electron chi connectivity index (χ3n) is 8.81. The normalized spacial score (nSPS) is 12.1. The van der Waals surface area contributed by atoms with Gasteiger partial charge < -0.3 is 0 Å². The van der Waals surface area contributed by atoms with E-state index in [0.717, 1.165) is 12.8 Å². The zero-order chi connectivity index (χ0) is 35.1. The molecular formula is C46H70. The lowest BCUT2D eigenvalue weighted by atomic mass is 9.66. The minimum Gasteiger partial charge on any atom is -0.103 e. The van der Waals surface area contributed by atoms with Crippen LogP contribution in [0.4, 0.5) is 0 Å². The maximum atomic E-state index is 4.75. The second-order valence-electron chi connectivity index (χ2n) is 12.5. The molecule has 0 amide bonds. The highest BCUT2D eigenvalue weighted by atomic mass is 14.4. The quantitative estimate of drug-likeness (QED) is 0.124. The van der Waals surface area contributed by atoms with Crippen molar-refractivity contribution in [2.45, 2.75) is 133 Å². The lowest BCUT2D eigenvalue weighted by Crippen LogP contribution is -2.25. The first-order valence-corrected chi connectivity index (χ1v) is 18.3. The molecule has 3 aromatic rings. The van der Waals surface area contributed by atoms with E-state index in [0.29, 0.717) is 17.8 Å². The minimum atomic E-state index is 0.326. The van der Waals surface area contributed by atoms with Crippen LogP contribution >= 0.6 is 0 Å². The molecule has 0 aliphatic carbocycles. The fourth-order valence-electron chi connectivity index (χ4n) is 6.18. The Labute approximate surface area is 287 Å². The van der Waals surface area contributed by atoms with Crippen LogP contribution in [0.25, 0.3) is 11.1 Å². The highest BCUT2D eigenvalue weighted by Gasteiger charge is 2.34. The van der Waals surface area contributed by atoms with Gasteiger partial charge in [0.15, 0.2) is 0 Å². The Morgan fingerprint density at radius 3 is 1.50 bits per heavy atom. The summed E-state index contributed by atoms with van der Waals surface area (Å²) < 4.78 is 0. The molecule has 46 heavy (non-hydrogen) atoms. The van der Waals surface area contributed by atoms with E-state index in [1.165, 1.54) is 88.6 Å². The van der Waals surface area contributed by atoms with Gasteiger partial charge in [0.05, 0.1) is 0 Å². The summed E-state index contributed by atoms with van der Waals surface area (Å²) in [6.07, 6.45) is 11.9. The first-order chi connectivity index (χ1) is 22.1. The van der Waals surface area contributed by atoms with Crippen molar-refractivity contribution in [1.82, 2.24) is 0 Å². The Kier molecular flexibility index (Phi) is 23.3. The van der Waals surface area contributed by atoms with Gasteiger partial charge in [-0.05, 0) is 104 Å². The number of hydrogen-bond acceptors (Lipinski definition) is 0. The van der Waals surface area contributed by atoms with Gasteiger partial charge >= 0.3 is 0 Å². The van der Waals surface area contributed by atoms with E-state index in [-0.39, 0.29) is 0 Å². The van der Waals surface area contributed by atoms with E-state index in [1.54, 1.807) is 6.08 Å². The van der Waals surface area contributed by atoms with Crippen molar-refractivity contribution in [3.63, 3.8) is 0 Å². The third kappa shape index (κ3) is 14.1. The van der Waals surface area contributed by atoms with E-state index >= 15 is 0 Å². The lowest BCUT2D eigenvalue weighted by molar-refractivity contribution is 0.386. The molecule has 0 N–H and O–H groups in total. The number of aryl methyl sites for hydroxylation is 3. The van der Waals surface area contributed by atoms with Crippen molar-refractivity contribution in [3.8, 4) is 0 Å². The van der Waals surface area contributed by atoms with Crippen molar-refractivity contribution in [2.24, 2.45) is 11.8 Å². The molecule has 0 fully saturated rings. The monoisotopic (exact) mass is 623 g/mol. The first kappa shape index (κ1) is 42.9. The van der Waals surface area contributed by atoms with Gasteiger partial charge in [-0.1, -0.05) is 177 Å². The van der Waals surface area contributed by atoms with Crippen molar-refractivity contribution >= 4 is 11.1 Å². The average molecular weight is 623 g/mol. The molecule has 254 valence electrons. The number of benzene rings is 3. The van der Waals surface area contributed by atoms with E-state index in [4.69, 9.17) is 13.2 Å². The Bertz CT molecular complexity index is 1270. The lowest BCUT2D eigenvalue weighted by Gasteiger charge is -2.38. The highest BCUT2D eigenvalue weighted by molar-refractivity contribution is 5.71. The van der Waals surface area contributed by atoms with Crippen LogP contribution in [0.1, 0.15) is 145 Å². The molecule has 0 aliphatic rings. The van der Waals surface area contributed by atoms with Gasteiger partial charge in [-0.3, -0.25) is 0 Å². The van der Waals surface area contributed by atoms with Gasteiger partial charge in [0, 0.05) is 0 Å². The molecule has 0 bridgehead atoms. The third-order valence-corrected chi connectivity index (χ3v) is 8.81. The Hall–Kier alpha value is -3.12. The van der Waals surface area contributed by atoms with Gasteiger partial charge in [0.1, 0.15) is 0 Å². The summed E-state index contributed by atoms with van der Waals surface area (Å²) in [5, 5.41) is 0. The summed E-state index contributed by atoms with van der Waals surface area (Å²) >= 11 is 0. The predicted molar refractivity (Wildman–Crippen MR) is 213 cm³/mol. The fraction of sp³-hybridized carbons (Fsp3) is 0.478. The summed E-state index contributed by atoms with van der Waals surface area (Å²) in [7, 11) is 0. The van der Waals surface area contributed by atoms with Crippen molar-refractivity contribution in [1.29, 1.82) is 0 Å². The van der Waals surface area contributed by atoms with Crippen molar-refractivity contribution < 1.29 is 0 Å². The molecule has 0 spiro atoms. The van der Waals surface area contributed by atoms with E-state index in [2.05, 4.69) is 129 Å². The molecule has 0 aliphatic heterocycles. The Morgan fingerprint density at radius 1 is 0.652 bits per heavy atom. The van der Waals surface area contributed by atoms with E-state index < -0.39 is 0 Å². The van der Waals surface area contributed by atoms with Gasteiger partial charge in [0.2, 0.25) is 0 Å². The van der Waals surface area contributed by atoms with Crippen LogP contribution in [-0.2, 0) is 0 Å². The SMILES string of the molecule is C=C(c1cccc(C)c1)C(CC)C(c1cccc(C)c1C)C(CCCC)C(=C)c1cccc(C)c1.C=CC.CC.CCCCCC. The Balaban J connectivity index is 0.00000160. The van der Waals surface area contributed by atoms with Crippen LogP contribution in [0.3, 0.4) is 0 Å². The number of hydrogen-bond donors (Lipinski definition) is 0. The van der Waals surface area contributed by atoms with Crippen LogP contribution in [0, 0.1) is 39.5 Å². The minimum absolute atomic E-state index is 0.326. The molecule has 3 atom stereocenters. The summed E-state index contributed by atoms with van der Waals surface area (Å²) in [5.41, 5.74) is 11.9. The molecule has 3 rings (SSSR count). The second-order valence-corrected chi connectivity index (χ2v) is 12.5. The average Bonchev–Trinajstić information content (AvgIpc) is 3.06. The fourth-order valence-corrected chi connectivity index (χ4v) is 6.18. The number of rotatable bonds is 14. The van der Waals surface area contributed by atoms with Crippen LogP contribution < -0.4 is 0 Å². The predicted octanol–water partition coefficient (Wildman–Crippen LogP) is 15.1. The number of unbranched alkanes of at least 4 members (excludes halogenated alkanes) is 4. The molecule has 3 unspecified atom stereocenters. The zero-order valence-corrected chi connectivity index (χ0v) is 31.9. The van der Waals surface area contributed by atoms with Crippen LogP contribution in [-0.4, -0.2) is 0 Å². The maximum absolute atomic E-state index is 4.75. The molecule has 0 saturated carbocycles. The molecule has 0 radical (unpaired) electrons. The standard InChI is InChI=1S/C35H44.C6H14.C3H6.C2H6/c1-9-11-20-34(29(8)31-19-13-16-25(4)23-31)35(33-21-14-17-26(5)27(33)6)32(10-2)28(7)30-18-12-15-24(3)22-30;1-3-5-6-4-2;1-3-2;1-2/h12-19,21-23,32,34-35H,7-11,20H2,1-6H3;3-6H2,1-2H3;3H,1H2,2H3;1-2H3. The van der Waals surface area contributed by atoms with Gasteiger partial charge in [-0.25, -0.2) is 0 Å². The molecule has 0 aromatic heterocycles. The molecule has 0 nitrogen and oxygen atoms in total. The molecule has 0 saturated heterocycles. The van der Waals surface area contributed by atoms with Gasteiger partial charge in [0.25, 0.3) is 0 Å². The number of allylic oxidation sites excluding steroid dienone is 3. The van der Waals surface area contributed by atoms with Crippen LogP contribution in [0.15, 0.2) is 92.5 Å². The van der Waals surface area contributed by atoms with Gasteiger partial charge in [-0.2, -0.15) is 0 Å².